The van der Waals surface area contributed by atoms with Gasteiger partial charge >= 0.3 is 5.97 Å². The average Bonchev–Trinajstić information content (AvgIpc) is 2.64. The van der Waals surface area contributed by atoms with Crippen molar-refractivity contribution in [1.82, 2.24) is 0 Å². The highest BCUT2D eigenvalue weighted by Crippen LogP contribution is 2.11. The summed E-state index contributed by atoms with van der Waals surface area (Å²) in [6, 6.07) is 0. The number of unbranched alkanes of at least 4 members (excludes halogenated alkanes) is 4. The lowest BCUT2D eigenvalue weighted by Gasteiger charge is -2.08. The van der Waals surface area contributed by atoms with Gasteiger partial charge in [0.15, 0.2) is 0 Å². The molecule has 0 aromatic heterocycles. The van der Waals surface area contributed by atoms with Crippen molar-refractivity contribution in [1.29, 1.82) is 0 Å². The van der Waals surface area contributed by atoms with Gasteiger partial charge in [-0.3, -0.25) is 15.3 Å². The van der Waals surface area contributed by atoms with Crippen LogP contribution in [0.5, 0.6) is 0 Å². The van der Waals surface area contributed by atoms with Crippen LogP contribution in [0.3, 0.4) is 0 Å². The lowest BCUT2D eigenvalue weighted by Crippen LogP contribution is -2.06. The summed E-state index contributed by atoms with van der Waals surface area (Å²) in [7, 11) is 1.40. The van der Waals surface area contributed by atoms with Crippen LogP contribution in [0, 0.1) is 0 Å². The van der Waals surface area contributed by atoms with Gasteiger partial charge in [-0.05, 0) is 19.3 Å². The Morgan fingerprint density at radius 3 is 2.00 bits per heavy atom. The Labute approximate surface area is 150 Å². The second-order valence-electron chi connectivity index (χ2n) is 5.73. The van der Waals surface area contributed by atoms with Gasteiger partial charge in [0.25, 0.3) is 0 Å². The predicted molar refractivity (Wildman–Crippen MR) is 97.0 cm³/mol. The third-order valence-corrected chi connectivity index (χ3v) is 3.76. The fourth-order valence-electron chi connectivity index (χ4n) is 2.18. The monoisotopic (exact) mass is 356 g/mol. The van der Waals surface area contributed by atoms with Gasteiger partial charge in [-0.25, -0.2) is 9.78 Å². The number of carbonyl (C=O) groups is 1. The first-order valence-corrected chi connectivity index (χ1v) is 8.86. The second-order valence-corrected chi connectivity index (χ2v) is 5.73. The van der Waals surface area contributed by atoms with Crippen LogP contribution in [0.2, 0.25) is 0 Å². The van der Waals surface area contributed by atoms with E-state index in [1.54, 1.807) is 18.2 Å². The third-order valence-electron chi connectivity index (χ3n) is 3.76. The zero-order valence-electron chi connectivity index (χ0n) is 15.3. The number of ether oxygens (including phenoxy) is 1. The van der Waals surface area contributed by atoms with E-state index in [0.29, 0.717) is 12.8 Å². The zero-order chi connectivity index (χ0) is 18.8. The molecule has 0 saturated heterocycles. The van der Waals surface area contributed by atoms with Crippen LogP contribution in [0.25, 0.3) is 0 Å². The van der Waals surface area contributed by atoms with Gasteiger partial charge in [-0.15, -0.1) is 0 Å². The summed E-state index contributed by atoms with van der Waals surface area (Å²) in [5, 5.41) is 17.5. The highest BCUT2D eigenvalue weighted by Gasteiger charge is 2.04. The van der Waals surface area contributed by atoms with Crippen LogP contribution in [-0.4, -0.2) is 35.8 Å². The van der Waals surface area contributed by atoms with Crippen molar-refractivity contribution in [3.8, 4) is 0 Å². The number of methoxy groups -OCH3 is 1. The quantitative estimate of drug-likeness (QED) is 0.146. The van der Waals surface area contributed by atoms with Crippen molar-refractivity contribution in [2.75, 3.05) is 7.11 Å². The van der Waals surface area contributed by atoms with Gasteiger partial charge in [0, 0.05) is 6.42 Å². The van der Waals surface area contributed by atoms with Crippen LogP contribution in [0.15, 0.2) is 36.5 Å². The minimum atomic E-state index is -0.326. The Morgan fingerprint density at radius 2 is 1.44 bits per heavy atom. The van der Waals surface area contributed by atoms with Gasteiger partial charge in [0.05, 0.1) is 7.11 Å². The molecule has 144 valence electrons. The summed E-state index contributed by atoms with van der Waals surface area (Å²) in [6.07, 6.45) is 17.0. The molecule has 6 heteroatoms. The van der Waals surface area contributed by atoms with E-state index < -0.39 is 0 Å². The van der Waals surface area contributed by atoms with Crippen molar-refractivity contribution < 1.29 is 29.8 Å². The molecule has 6 nitrogen and oxygen atoms in total. The molecule has 0 aliphatic heterocycles. The van der Waals surface area contributed by atoms with Crippen LogP contribution < -0.4 is 0 Å². The van der Waals surface area contributed by atoms with Gasteiger partial charge in [0.1, 0.15) is 12.2 Å². The third kappa shape index (κ3) is 14.6. The van der Waals surface area contributed by atoms with Gasteiger partial charge < -0.3 is 4.74 Å². The maximum Gasteiger partial charge on any atom is 0.305 e. The Hall–Kier alpha value is -1.47. The number of rotatable bonds is 15. The van der Waals surface area contributed by atoms with E-state index in [0.717, 1.165) is 38.5 Å². The molecule has 0 amide bonds. The average molecular weight is 356 g/mol. The second kappa shape index (κ2) is 17.4. The summed E-state index contributed by atoms with van der Waals surface area (Å²) < 4.78 is 4.59. The van der Waals surface area contributed by atoms with Crippen LogP contribution in [0.1, 0.15) is 58.3 Å². The minimum absolute atomic E-state index is 0.157. The van der Waals surface area contributed by atoms with Crippen molar-refractivity contribution >= 4 is 5.97 Å². The van der Waals surface area contributed by atoms with Crippen molar-refractivity contribution in [3.63, 3.8) is 0 Å². The number of hydrogen-bond acceptors (Lipinski definition) is 6. The molecule has 0 bridgehead atoms. The summed E-state index contributed by atoms with van der Waals surface area (Å²) in [4.78, 5) is 19.7. The molecule has 2 N–H and O–H groups in total. The summed E-state index contributed by atoms with van der Waals surface area (Å²) in [5.74, 6) is -0.157. The highest BCUT2D eigenvalue weighted by molar-refractivity contribution is 5.68. The summed E-state index contributed by atoms with van der Waals surface area (Å²) >= 11 is 0. The van der Waals surface area contributed by atoms with Crippen molar-refractivity contribution in [2.24, 2.45) is 0 Å². The fourth-order valence-corrected chi connectivity index (χ4v) is 2.18. The topological polar surface area (TPSA) is 85.2 Å². The van der Waals surface area contributed by atoms with E-state index in [1.165, 1.54) is 7.11 Å². The standard InChI is InChI=1S/C19H32O6/c1-3-17(24-21)13-9-7-8-11-15-18(25-22)14-10-5-4-6-12-16-19(20)23-2/h7-9,11,13,15,17-18,21-22H,3-6,10,12,14,16H2,1-2H3/b8-7+,13-9+,15-11+. The van der Waals surface area contributed by atoms with Gasteiger partial charge in [-0.1, -0.05) is 69.1 Å². The predicted octanol–water partition coefficient (Wildman–Crippen LogP) is 4.69. The first-order chi connectivity index (χ1) is 12.2. The molecule has 0 radical (unpaired) electrons. The molecular formula is C19H32O6. The van der Waals surface area contributed by atoms with E-state index in [1.807, 2.05) is 25.2 Å². The van der Waals surface area contributed by atoms with Crippen molar-refractivity contribution in [2.45, 2.75) is 70.5 Å². The minimum Gasteiger partial charge on any atom is -0.469 e. The van der Waals surface area contributed by atoms with E-state index in [9.17, 15) is 4.79 Å². The molecule has 0 rings (SSSR count). The number of hydrogen-bond donors (Lipinski definition) is 2. The van der Waals surface area contributed by atoms with Gasteiger partial charge in [0.2, 0.25) is 0 Å². The molecule has 0 aliphatic rings. The van der Waals surface area contributed by atoms with E-state index >= 15 is 0 Å². The molecule has 0 fully saturated rings. The molecule has 2 unspecified atom stereocenters. The van der Waals surface area contributed by atoms with Crippen LogP contribution >= 0.6 is 0 Å². The van der Waals surface area contributed by atoms with Crippen LogP contribution in [-0.2, 0) is 19.3 Å². The first kappa shape index (κ1) is 23.5. The number of carbonyl (C=O) groups excluding carboxylic acids is 1. The number of allylic oxidation sites excluding steroid dienone is 4. The molecule has 0 heterocycles. The molecule has 0 aromatic carbocycles. The highest BCUT2D eigenvalue weighted by atomic mass is 17.1. The Kier molecular flexibility index (Phi) is 16.3. The zero-order valence-corrected chi connectivity index (χ0v) is 15.3. The molecule has 0 saturated carbocycles. The van der Waals surface area contributed by atoms with Crippen molar-refractivity contribution in [3.05, 3.63) is 36.5 Å². The fraction of sp³-hybridized carbons (Fsp3) is 0.632. The Balaban J connectivity index is 3.82. The molecule has 0 spiro atoms. The molecule has 0 aromatic rings. The Bertz CT molecular complexity index is 399. The maximum absolute atomic E-state index is 11.0. The van der Waals surface area contributed by atoms with Gasteiger partial charge in [-0.2, -0.15) is 0 Å². The smallest absolute Gasteiger partial charge is 0.305 e. The lowest BCUT2D eigenvalue weighted by atomic mass is 10.1. The van der Waals surface area contributed by atoms with E-state index in [4.69, 9.17) is 10.5 Å². The van der Waals surface area contributed by atoms with Crippen LogP contribution in [0.4, 0.5) is 0 Å². The molecule has 2 atom stereocenters. The molecule has 0 aliphatic carbocycles. The van der Waals surface area contributed by atoms with E-state index in [-0.39, 0.29) is 18.2 Å². The number of esters is 1. The largest absolute Gasteiger partial charge is 0.469 e. The van der Waals surface area contributed by atoms with E-state index in [2.05, 4.69) is 14.5 Å². The normalized spacial score (nSPS) is 14.6. The molecular weight excluding hydrogens is 324 g/mol. The molecule has 25 heavy (non-hydrogen) atoms. The SMILES string of the molecule is CCC(/C=C/C=C/C=C/C(CCCCCCCC(=O)OC)OO)OO. The summed E-state index contributed by atoms with van der Waals surface area (Å²) in [6.45, 7) is 1.91. The Morgan fingerprint density at radius 1 is 0.880 bits per heavy atom. The maximum atomic E-state index is 11.0. The lowest BCUT2D eigenvalue weighted by molar-refractivity contribution is -0.267. The first-order valence-electron chi connectivity index (χ1n) is 8.86. The summed E-state index contributed by atoms with van der Waals surface area (Å²) in [5.41, 5.74) is 0.